The van der Waals surface area contributed by atoms with Crippen LogP contribution in [0.3, 0.4) is 0 Å². The number of amides is 2. The van der Waals surface area contributed by atoms with Gasteiger partial charge in [-0.1, -0.05) is 0 Å². The van der Waals surface area contributed by atoms with Gasteiger partial charge in [0, 0.05) is 38.9 Å². The van der Waals surface area contributed by atoms with Crippen molar-refractivity contribution in [1.29, 1.82) is 0 Å². The molecule has 1 aliphatic rings. The second-order valence-electron chi connectivity index (χ2n) is 7.40. The molecule has 1 aliphatic heterocycles. The molecule has 0 bridgehead atoms. The number of aromatic nitrogens is 2. The molecule has 0 N–H and O–H groups in total. The Balaban J connectivity index is 2.05. The summed E-state index contributed by atoms with van der Waals surface area (Å²) in [5.74, 6) is -0.0515. The highest BCUT2D eigenvalue weighted by molar-refractivity contribution is 5.85. The van der Waals surface area contributed by atoms with E-state index in [1.807, 2.05) is 34.0 Å². The maximum absolute atomic E-state index is 12.8. The first-order valence-electron chi connectivity index (χ1n) is 8.39. The molecule has 2 heterocycles. The Morgan fingerprint density at radius 1 is 1.38 bits per heavy atom. The van der Waals surface area contributed by atoms with Gasteiger partial charge >= 0.3 is 6.09 Å². The molecule has 134 valence electrons. The van der Waals surface area contributed by atoms with Crippen LogP contribution in [0, 0.1) is 0 Å². The Bertz CT molecular complexity index is 591. The van der Waals surface area contributed by atoms with Crippen molar-refractivity contribution in [1.82, 2.24) is 19.6 Å². The van der Waals surface area contributed by atoms with Crippen LogP contribution in [0.15, 0.2) is 12.4 Å². The summed E-state index contributed by atoms with van der Waals surface area (Å²) in [6.07, 6.45) is 5.74. The minimum absolute atomic E-state index is 0.0515. The van der Waals surface area contributed by atoms with Gasteiger partial charge in [-0.15, -0.1) is 0 Å². The third kappa shape index (κ3) is 4.72. The van der Waals surface area contributed by atoms with Crippen molar-refractivity contribution in [2.24, 2.45) is 7.05 Å². The fourth-order valence-electron chi connectivity index (χ4n) is 2.89. The molecule has 0 aromatic carbocycles. The van der Waals surface area contributed by atoms with E-state index < -0.39 is 17.7 Å². The van der Waals surface area contributed by atoms with Crippen LogP contribution in [-0.2, 0) is 23.1 Å². The van der Waals surface area contributed by atoms with Gasteiger partial charge in [0.05, 0.1) is 6.20 Å². The molecule has 7 heteroatoms. The molecule has 0 unspecified atom stereocenters. The summed E-state index contributed by atoms with van der Waals surface area (Å²) in [5, 5.41) is 4.12. The van der Waals surface area contributed by atoms with E-state index in [1.54, 1.807) is 27.7 Å². The van der Waals surface area contributed by atoms with Gasteiger partial charge in [0.15, 0.2) is 0 Å². The Kier molecular flexibility index (Phi) is 5.51. The number of aryl methyl sites for hydroxylation is 1. The molecule has 2 amide bonds. The van der Waals surface area contributed by atoms with Crippen LogP contribution >= 0.6 is 0 Å². The third-order valence-electron chi connectivity index (χ3n) is 3.97. The highest BCUT2D eigenvalue weighted by Crippen LogP contribution is 2.22. The summed E-state index contributed by atoms with van der Waals surface area (Å²) in [7, 11) is 3.61. The molecule has 1 aromatic heterocycles. The van der Waals surface area contributed by atoms with Gasteiger partial charge in [-0.3, -0.25) is 14.4 Å². The van der Waals surface area contributed by atoms with Gasteiger partial charge in [0.2, 0.25) is 5.91 Å². The Morgan fingerprint density at radius 3 is 2.67 bits per heavy atom. The van der Waals surface area contributed by atoms with Crippen molar-refractivity contribution in [2.75, 3.05) is 13.6 Å². The van der Waals surface area contributed by atoms with Crippen LogP contribution in [0.25, 0.3) is 0 Å². The number of carbonyl (C=O) groups is 2. The number of ether oxygens (including phenoxy) is 1. The van der Waals surface area contributed by atoms with Crippen LogP contribution in [-0.4, -0.2) is 56.8 Å². The summed E-state index contributed by atoms with van der Waals surface area (Å²) in [6.45, 7) is 6.54. The third-order valence-corrected chi connectivity index (χ3v) is 3.97. The molecule has 1 saturated heterocycles. The average Bonchev–Trinajstić information content (AvgIpc) is 2.89. The van der Waals surface area contributed by atoms with Gasteiger partial charge in [-0.25, -0.2) is 4.79 Å². The average molecular weight is 336 g/mol. The summed E-state index contributed by atoms with van der Waals surface area (Å²) in [6, 6.07) is -0.449. The SMILES string of the molecule is CN(Cc1cnn(C)c1)C(=O)[C@@H]1CCCCN1C(=O)OC(C)(C)C. The summed E-state index contributed by atoms with van der Waals surface area (Å²) in [4.78, 5) is 28.5. The highest BCUT2D eigenvalue weighted by atomic mass is 16.6. The second-order valence-corrected chi connectivity index (χ2v) is 7.40. The zero-order chi connectivity index (χ0) is 17.9. The van der Waals surface area contributed by atoms with E-state index in [2.05, 4.69) is 5.10 Å². The lowest BCUT2D eigenvalue weighted by Crippen LogP contribution is -2.53. The molecule has 1 aromatic rings. The van der Waals surface area contributed by atoms with Gasteiger partial charge in [0.1, 0.15) is 11.6 Å². The molecule has 0 aliphatic carbocycles. The van der Waals surface area contributed by atoms with E-state index in [4.69, 9.17) is 4.74 Å². The van der Waals surface area contributed by atoms with Crippen LogP contribution in [0.2, 0.25) is 0 Å². The molecule has 2 rings (SSSR count). The van der Waals surface area contributed by atoms with E-state index in [9.17, 15) is 9.59 Å². The zero-order valence-electron chi connectivity index (χ0n) is 15.3. The Labute approximate surface area is 143 Å². The minimum Gasteiger partial charge on any atom is -0.444 e. The van der Waals surface area contributed by atoms with E-state index in [0.717, 1.165) is 18.4 Å². The zero-order valence-corrected chi connectivity index (χ0v) is 15.3. The molecule has 1 fully saturated rings. The maximum atomic E-state index is 12.8. The predicted molar refractivity (Wildman–Crippen MR) is 90.3 cm³/mol. The topological polar surface area (TPSA) is 67.7 Å². The highest BCUT2D eigenvalue weighted by Gasteiger charge is 2.36. The van der Waals surface area contributed by atoms with Gasteiger partial charge in [-0.2, -0.15) is 5.10 Å². The quantitative estimate of drug-likeness (QED) is 0.848. The second kappa shape index (κ2) is 7.23. The first kappa shape index (κ1) is 18.3. The van der Waals surface area contributed by atoms with Crippen LogP contribution in [0.1, 0.15) is 45.6 Å². The number of likely N-dealkylation sites (tertiary alicyclic amines) is 1. The normalized spacial score (nSPS) is 18.4. The number of rotatable bonds is 3. The minimum atomic E-state index is -0.566. The van der Waals surface area contributed by atoms with Crippen molar-refractivity contribution >= 4 is 12.0 Å². The van der Waals surface area contributed by atoms with Crippen molar-refractivity contribution in [3.8, 4) is 0 Å². The fraction of sp³-hybridized carbons (Fsp3) is 0.706. The lowest BCUT2D eigenvalue weighted by atomic mass is 10.0. The number of hydrogen-bond donors (Lipinski definition) is 0. The molecular weight excluding hydrogens is 308 g/mol. The van der Waals surface area contributed by atoms with E-state index in [-0.39, 0.29) is 5.91 Å². The fourth-order valence-corrected chi connectivity index (χ4v) is 2.89. The molecule has 0 radical (unpaired) electrons. The number of nitrogens with zero attached hydrogens (tertiary/aromatic N) is 4. The maximum Gasteiger partial charge on any atom is 0.410 e. The Hall–Kier alpha value is -2.05. The largest absolute Gasteiger partial charge is 0.444 e. The van der Waals surface area contributed by atoms with Crippen LogP contribution in [0.4, 0.5) is 4.79 Å². The number of piperidine rings is 1. The smallest absolute Gasteiger partial charge is 0.410 e. The first-order chi connectivity index (χ1) is 11.2. The van der Waals surface area contributed by atoms with Gasteiger partial charge in [-0.05, 0) is 40.0 Å². The van der Waals surface area contributed by atoms with Crippen molar-refractivity contribution in [2.45, 2.75) is 58.2 Å². The summed E-state index contributed by atoms with van der Waals surface area (Å²) < 4.78 is 7.17. The summed E-state index contributed by atoms with van der Waals surface area (Å²) >= 11 is 0. The molecule has 1 atom stereocenters. The molecule has 24 heavy (non-hydrogen) atoms. The lowest BCUT2D eigenvalue weighted by molar-refractivity contribution is -0.137. The monoisotopic (exact) mass is 336 g/mol. The molecule has 0 saturated carbocycles. The van der Waals surface area contributed by atoms with E-state index in [1.165, 1.54) is 0 Å². The Morgan fingerprint density at radius 2 is 2.08 bits per heavy atom. The van der Waals surface area contributed by atoms with E-state index >= 15 is 0 Å². The van der Waals surface area contributed by atoms with Gasteiger partial charge in [0.25, 0.3) is 0 Å². The van der Waals surface area contributed by atoms with Crippen molar-refractivity contribution in [3.05, 3.63) is 18.0 Å². The standard InChI is InChI=1S/C17H28N4O3/c1-17(2,3)24-16(23)21-9-7-6-8-14(21)15(22)19(4)11-13-10-18-20(5)12-13/h10,12,14H,6-9,11H2,1-5H3/t14-/m0/s1. The number of carbonyl (C=O) groups excluding carboxylic acids is 2. The predicted octanol–water partition coefficient (Wildman–Crippen LogP) is 2.17. The molecule has 7 nitrogen and oxygen atoms in total. The number of likely N-dealkylation sites (N-methyl/N-ethyl adjacent to an activating group) is 1. The van der Waals surface area contributed by atoms with E-state index in [0.29, 0.717) is 19.5 Å². The van der Waals surface area contributed by atoms with Gasteiger partial charge < -0.3 is 9.64 Å². The first-order valence-corrected chi connectivity index (χ1v) is 8.39. The molecular formula is C17H28N4O3. The van der Waals surface area contributed by atoms with Crippen LogP contribution in [0.5, 0.6) is 0 Å². The van der Waals surface area contributed by atoms with Crippen molar-refractivity contribution in [3.63, 3.8) is 0 Å². The number of hydrogen-bond acceptors (Lipinski definition) is 4. The van der Waals surface area contributed by atoms with Crippen LogP contribution < -0.4 is 0 Å². The summed E-state index contributed by atoms with van der Waals surface area (Å²) in [5.41, 5.74) is 0.400. The van der Waals surface area contributed by atoms with Crippen molar-refractivity contribution < 1.29 is 14.3 Å². The lowest BCUT2D eigenvalue weighted by Gasteiger charge is -2.37. The molecule has 0 spiro atoms.